The van der Waals surface area contributed by atoms with E-state index in [0.717, 1.165) is 60.6 Å². The number of aryl methyl sites for hydroxylation is 2. The Labute approximate surface area is 223 Å². The molecule has 3 heterocycles. The van der Waals surface area contributed by atoms with Gasteiger partial charge in [-0.3, -0.25) is 14.9 Å². The predicted octanol–water partition coefficient (Wildman–Crippen LogP) is 3.18. The van der Waals surface area contributed by atoms with Crippen LogP contribution in [0.15, 0.2) is 35.3 Å². The first-order valence-electron chi connectivity index (χ1n) is 13.5. The number of hydrogen-bond acceptors (Lipinski definition) is 7. The first-order chi connectivity index (χ1) is 18.1. The number of aliphatic hydroxyl groups is 1. The summed E-state index contributed by atoms with van der Waals surface area (Å²) in [5.41, 5.74) is 4.36. The van der Waals surface area contributed by atoms with E-state index in [0.29, 0.717) is 24.6 Å². The minimum atomic E-state index is -0.892. The average molecular weight is 525 g/mol. The standard InChI is InChI=1S/C29H40N4O5/c1-18(2)17-38-29(36)26(20(4)34)30-14-22-6-7-25-24(13-22)31-27(23-12-19(3)28(35)32(5)16-23)33(25)15-21-8-10-37-11-9-21/h6-7,12-13,16,18,20-21,26,30,34H,8-11,14-15,17H2,1-5H3/t20-,26+/m1/s1. The lowest BCUT2D eigenvalue weighted by Crippen LogP contribution is -2.45. The molecule has 0 bridgehead atoms. The van der Waals surface area contributed by atoms with Crippen molar-refractivity contribution in [2.45, 2.75) is 65.8 Å². The number of carbonyl (C=O) groups excluding carboxylic acids is 1. The maximum absolute atomic E-state index is 12.5. The summed E-state index contributed by atoms with van der Waals surface area (Å²) in [6.07, 6.45) is 2.95. The third-order valence-electron chi connectivity index (χ3n) is 7.04. The molecule has 2 aromatic heterocycles. The smallest absolute Gasteiger partial charge is 0.325 e. The summed E-state index contributed by atoms with van der Waals surface area (Å²) >= 11 is 0. The third-order valence-corrected chi connectivity index (χ3v) is 7.04. The SMILES string of the molecule is Cc1cc(-c2nc3cc(CN[C@H](C(=O)OCC(C)C)[C@@H](C)O)ccc3n2CC2CCOCC2)cn(C)c1=O. The summed E-state index contributed by atoms with van der Waals surface area (Å²) < 4.78 is 14.8. The van der Waals surface area contributed by atoms with Gasteiger partial charge in [0.15, 0.2) is 0 Å². The maximum Gasteiger partial charge on any atom is 0.325 e. The molecule has 2 N–H and O–H groups in total. The van der Waals surface area contributed by atoms with E-state index in [4.69, 9.17) is 14.5 Å². The van der Waals surface area contributed by atoms with E-state index in [1.807, 2.05) is 45.2 Å². The van der Waals surface area contributed by atoms with E-state index in [-0.39, 0.29) is 11.5 Å². The molecule has 4 rings (SSSR count). The molecule has 2 atom stereocenters. The van der Waals surface area contributed by atoms with Crippen molar-refractivity contribution in [3.63, 3.8) is 0 Å². The zero-order chi connectivity index (χ0) is 27.4. The molecule has 9 nitrogen and oxygen atoms in total. The molecule has 0 amide bonds. The summed E-state index contributed by atoms with van der Waals surface area (Å²) in [6.45, 7) is 10.4. The number of nitrogens with one attached hydrogen (secondary N) is 1. The molecule has 0 aliphatic carbocycles. The van der Waals surface area contributed by atoms with E-state index < -0.39 is 18.1 Å². The fraction of sp³-hybridized carbons (Fsp3) is 0.552. The number of nitrogens with zero attached hydrogens (tertiary/aromatic N) is 3. The summed E-state index contributed by atoms with van der Waals surface area (Å²) in [5.74, 6) is 1.08. The van der Waals surface area contributed by atoms with Crippen LogP contribution in [0.5, 0.6) is 0 Å². The van der Waals surface area contributed by atoms with Crippen LogP contribution >= 0.6 is 0 Å². The maximum atomic E-state index is 12.5. The second kappa shape index (κ2) is 12.2. The molecule has 0 radical (unpaired) electrons. The summed E-state index contributed by atoms with van der Waals surface area (Å²) in [7, 11) is 1.76. The van der Waals surface area contributed by atoms with Crippen LogP contribution in [0.2, 0.25) is 0 Å². The van der Waals surface area contributed by atoms with Crippen molar-refractivity contribution < 1.29 is 19.4 Å². The second-order valence-corrected chi connectivity index (χ2v) is 10.9. The summed E-state index contributed by atoms with van der Waals surface area (Å²) in [5, 5.41) is 13.3. The van der Waals surface area contributed by atoms with Gasteiger partial charge in [0.1, 0.15) is 11.9 Å². The molecular formula is C29H40N4O5. The van der Waals surface area contributed by atoms with E-state index in [9.17, 15) is 14.7 Å². The minimum Gasteiger partial charge on any atom is -0.464 e. The number of aliphatic hydroxyl groups excluding tert-OH is 1. The second-order valence-electron chi connectivity index (χ2n) is 10.9. The fourth-order valence-electron chi connectivity index (χ4n) is 4.89. The minimum absolute atomic E-state index is 0.0196. The van der Waals surface area contributed by atoms with Crippen molar-refractivity contribution in [2.75, 3.05) is 19.8 Å². The molecule has 1 saturated heterocycles. The molecular weight excluding hydrogens is 484 g/mol. The lowest BCUT2D eigenvalue weighted by atomic mass is 10.00. The molecule has 1 aliphatic heterocycles. The van der Waals surface area contributed by atoms with Crippen LogP contribution in [-0.4, -0.2) is 57.2 Å². The van der Waals surface area contributed by atoms with Gasteiger partial charge in [-0.25, -0.2) is 4.98 Å². The van der Waals surface area contributed by atoms with Gasteiger partial charge in [0.2, 0.25) is 0 Å². The van der Waals surface area contributed by atoms with Crippen molar-refractivity contribution in [3.8, 4) is 11.4 Å². The lowest BCUT2D eigenvalue weighted by Gasteiger charge is -2.23. The van der Waals surface area contributed by atoms with Crippen molar-refractivity contribution in [1.82, 2.24) is 19.4 Å². The molecule has 3 aromatic rings. The van der Waals surface area contributed by atoms with Gasteiger partial charge in [-0.15, -0.1) is 0 Å². The highest BCUT2D eigenvalue weighted by Crippen LogP contribution is 2.29. The fourth-order valence-corrected chi connectivity index (χ4v) is 4.89. The Balaban J connectivity index is 1.64. The summed E-state index contributed by atoms with van der Waals surface area (Å²) in [6, 6.07) is 7.18. The van der Waals surface area contributed by atoms with Crippen molar-refractivity contribution in [1.29, 1.82) is 0 Å². The van der Waals surface area contributed by atoms with E-state index >= 15 is 0 Å². The number of carbonyl (C=O) groups is 1. The lowest BCUT2D eigenvalue weighted by molar-refractivity contribution is -0.150. The van der Waals surface area contributed by atoms with Crippen molar-refractivity contribution >= 4 is 17.0 Å². The van der Waals surface area contributed by atoms with E-state index in [1.165, 1.54) is 0 Å². The van der Waals surface area contributed by atoms with Crippen molar-refractivity contribution in [2.24, 2.45) is 18.9 Å². The number of pyridine rings is 1. The Kier molecular flexibility index (Phi) is 9.02. The van der Waals surface area contributed by atoms with Gasteiger partial charge in [0, 0.05) is 50.7 Å². The Morgan fingerprint density at radius 2 is 1.97 bits per heavy atom. The van der Waals surface area contributed by atoms with E-state index in [2.05, 4.69) is 16.0 Å². The van der Waals surface area contributed by atoms with Crippen LogP contribution < -0.4 is 10.9 Å². The van der Waals surface area contributed by atoms with Gasteiger partial charge >= 0.3 is 5.97 Å². The zero-order valence-electron chi connectivity index (χ0n) is 23.1. The van der Waals surface area contributed by atoms with Crippen LogP contribution in [-0.2, 0) is 34.4 Å². The Hall–Kier alpha value is -3.01. The number of imidazole rings is 1. The van der Waals surface area contributed by atoms with Gasteiger partial charge in [0.25, 0.3) is 5.56 Å². The third kappa shape index (κ3) is 6.51. The number of esters is 1. The number of benzene rings is 1. The van der Waals surface area contributed by atoms with Crippen molar-refractivity contribution in [3.05, 3.63) is 51.9 Å². The highest BCUT2D eigenvalue weighted by molar-refractivity contribution is 5.81. The number of fused-ring (bicyclic) bond motifs is 1. The summed E-state index contributed by atoms with van der Waals surface area (Å²) in [4.78, 5) is 29.8. The molecule has 38 heavy (non-hydrogen) atoms. The van der Waals surface area contributed by atoms with Gasteiger partial charge in [-0.1, -0.05) is 19.9 Å². The Morgan fingerprint density at radius 1 is 1.24 bits per heavy atom. The van der Waals surface area contributed by atoms with Crippen LogP contribution in [0.4, 0.5) is 0 Å². The van der Waals surface area contributed by atoms with Crippen LogP contribution in [0, 0.1) is 18.8 Å². The first kappa shape index (κ1) is 28.0. The predicted molar refractivity (Wildman–Crippen MR) is 147 cm³/mol. The van der Waals surface area contributed by atoms with Gasteiger partial charge in [0.05, 0.1) is 23.7 Å². The molecule has 206 valence electrons. The molecule has 1 aliphatic rings. The van der Waals surface area contributed by atoms with Gasteiger partial charge in [-0.05, 0) is 62.3 Å². The topological polar surface area (TPSA) is 108 Å². The molecule has 0 unspecified atom stereocenters. The molecule has 1 fully saturated rings. The van der Waals surface area contributed by atoms with Crippen LogP contribution in [0.1, 0.15) is 44.7 Å². The van der Waals surface area contributed by atoms with Crippen LogP contribution in [0.25, 0.3) is 22.4 Å². The van der Waals surface area contributed by atoms with Gasteiger partial charge in [-0.2, -0.15) is 0 Å². The van der Waals surface area contributed by atoms with Crippen LogP contribution in [0.3, 0.4) is 0 Å². The van der Waals surface area contributed by atoms with Gasteiger partial charge < -0.3 is 23.7 Å². The monoisotopic (exact) mass is 524 g/mol. The zero-order valence-corrected chi connectivity index (χ0v) is 23.1. The molecule has 1 aromatic carbocycles. The highest BCUT2D eigenvalue weighted by atomic mass is 16.5. The number of rotatable bonds is 10. The number of hydrogen-bond donors (Lipinski definition) is 2. The number of ether oxygens (including phenoxy) is 2. The molecule has 0 saturated carbocycles. The average Bonchev–Trinajstić information content (AvgIpc) is 3.23. The Morgan fingerprint density at radius 3 is 2.63 bits per heavy atom. The Bertz CT molecular complexity index is 1290. The van der Waals surface area contributed by atoms with E-state index in [1.54, 1.807) is 18.5 Å². The molecule has 0 spiro atoms. The highest BCUT2D eigenvalue weighted by Gasteiger charge is 2.25. The molecule has 9 heteroatoms. The normalized spacial score (nSPS) is 16.2. The first-order valence-corrected chi connectivity index (χ1v) is 13.5. The largest absolute Gasteiger partial charge is 0.464 e. The quantitative estimate of drug-likeness (QED) is 0.392. The number of aromatic nitrogens is 3.